The van der Waals surface area contributed by atoms with Crippen LogP contribution in [0.3, 0.4) is 0 Å². The Kier molecular flexibility index (Phi) is 3.86. The molecule has 0 atom stereocenters. The fraction of sp³-hybridized carbons (Fsp3) is 0.0769. The van der Waals surface area contributed by atoms with Gasteiger partial charge in [0.05, 0.1) is 14.5 Å². The van der Waals surface area contributed by atoms with Crippen LogP contribution in [-0.4, -0.2) is 0 Å². The van der Waals surface area contributed by atoms with Crippen LogP contribution < -0.4 is 19.7 Å². The minimum Gasteiger partial charge on any atom is -0.282 e. The Bertz CT molecular complexity index is 488. The van der Waals surface area contributed by atoms with Gasteiger partial charge in [-0.3, -0.25) is 5.73 Å². The van der Waals surface area contributed by atoms with Crippen LogP contribution in [0.5, 0.6) is 0 Å². The van der Waals surface area contributed by atoms with Crippen molar-refractivity contribution in [1.29, 1.82) is 0 Å². The number of halogens is 1. The molecule has 0 amide bonds. The predicted molar refractivity (Wildman–Crippen MR) is 58.9 cm³/mol. The Morgan fingerprint density at radius 1 is 0.789 bits per heavy atom. The van der Waals surface area contributed by atoms with Crippen LogP contribution in [0.25, 0.3) is 0 Å². The highest BCUT2D eigenvalue weighted by Gasteiger charge is 2.46. The lowest BCUT2D eigenvalue weighted by atomic mass is 9.95. The molecule has 0 aliphatic rings. The van der Waals surface area contributed by atoms with E-state index in [0.29, 0.717) is 11.1 Å². The molecule has 100 valence electrons. The first kappa shape index (κ1) is 14.0. The standard InChI is InChI=1S/C13H12ClNO4/c15-13(19-14(16,17)18,11-7-3-1-4-8-11)12-9-5-2-6-10-12/h1-10H,15H2. The van der Waals surface area contributed by atoms with Gasteiger partial charge in [0, 0.05) is 11.1 Å². The molecule has 19 heavy (non-hydrogen) atoms. The minimum absolute atomic E-state index is 0.369. The van der Waals surface area contributed by atoms with Gasteiger partial charge in [0.1, 0.15) is 0 Å². The van der Waals surface area contributed by atoms with Gasteiger partial charge < -0.3 is 0 Å². The molecule has 0 saturated carbocycles. The van der Waals surface area contributed by atoms with Crippen LogP contribution in [0.4, 0.5) is 0 Å². The highest BCUT2D eigenvalue weighted by molar-refractivity contribution is 5.34. The highest BCUT2D eigenvalue weighted by atomic mass is 35.7. The third-order valence-corrected chi connectivity index (χ3v) is 3.05. The number of hydrogen-bond donors (Lipinski definition) is 1. The lowest BCUT2D eigenvalue weighted by Crippen LogP contribution is -2.65. The molecule has 0 saturated heterocycles. The fourth-order valence-corrected chi connectivity index (χ4v) is 2.25. The number of rotatable bonds is 4. The van der Waals surface area contributed by atoms with E-state index in [1.807, 2.05) is 0 Å². The first-order valence-electron chi connectivity index (χ1n) is 5.43. The Balaban J connectivity index is 2.51. The molecule has 0 aliphatic carbocycles. The Morgan fingerprint density at radius 3 is 1.47 bits per heavy atom. The topological polar surface area (TPSA) is 104 Å². The fourth-order valence-electron chi connectivity index (χ4n) is 1.78. The molecule has 6 heteroatoms. The lowest BCUT2D eigenvalue weighted by molar-refractivity contribution is -1.92. The second kappa shape index (κ2) is 5.26. The van der Waals surface area contributed by atoms with Crippen LogP contribution >= 0.6 is 0 Å². The van der Waals surface area contributed by atoms with Gasteiger partial charge in [-0.2, -0.15) is 14.0 Å². The van der Waals surface area contributed by atoms with E-state index in [4.69, 9.17) is 5.73 Å². The Labute approximate surface area is 112 Å². The van der Waals surface area contributed by atoms with Gasteiger partial charge in [0.15, 0.2) is 0 Å². The third kappa shape index (κ3) is 3.30. The second-order valence-corrected chi connectivity index (χ2v) is 4.83. The maximum atomic E-state index is 10.9. The molecule has 2 rings (SSSR count). The molecule has 2 N–H and O–H groups in total. The molecule has 0 aromatic heterocycles. The molecule has 0 radical (unpaired) electrons. The van der Waals surface area contributed by atoms with E-state index >= 15 is 0 Å². The van der Waals surface area contributed by atoms with E-state index in [-0.39, 0.29) is 0 Å². The number of nitrogens with two attached hydrogens (primary N) is 1. The maximum absolute atomic E-state index is 10.9. The van der Waals surface area contributed by atoms with Gasteiger partial charge in [0.2, 0.25) is 0 Å². The predicted octanol–water partition coefficient (Wildman–Crippen LogP) is -1.24. The second-order valence-electron chi connectivity index (χ2n) is 3.92. The van der Waals surface area contributed by atoms with Gasteiger partial charge in [-0.05, 0) is 0 Å². The average molecular weight is 282 g/mol. The van der Waals surface area contributed by atoms with E-state index in [1.165, 1.54) is 0 Å². The van der Waals surface area contributed by atoms with Crippen molar-refractivity contribution < 1.29 is 28.5 Å². The van der Waals surface area contributed by atoms with Crippen LogP contribution in [0.1, 0.15) is 11.1 Å². The van der Waals surface area contributed by atoms with Crippen molar-refractivity contribution in [2.75, 3.05) is 0 Å². The highest BCUT2D eigenvalue weighted by Crippen LogP contribution is 2.29. The van der Waals surface area contributed by atoms with Crippen molar-refractivity contribution in [1.82, 2.24) is 0 Å². The average Bonchev–Trinajstić information content (AvgIpc) is 2.39. The van der Waals surface area contributed by atoms with Crippen molar-refractivity contribution in [3.63, 3.8) is 0 Å². The molecule has 0 unspecified atom stereocenters. The zero-order chi connectivity index (χ0) is 13.9. The smallest absolute Gasteiger partial charge is 0.282 e. The molecule has 0 heterocycles. The molecule has 2 aromatic carbocycles. The summed E-state index contributed by atoms with van der Waals surface area (Å²) < 4.78 is 37.3. The first-order valence-corrected chi connectivity index (χ1v) is 6.67. The minimum atomic E-state index is -4.66. The summed E-state index contributed by atoms with van der Waals surface area (Å²) in [5.41, 5.74) is 4.91. The van der Waals surface area contributed by atoms with Crippen molar-refractivity contribution in [3.8, 4) is 0 Å². The monoisotopic (exact) mass is 281 g/mol. The molecular weight excluding hydrogens is 270 g/mol. The summed E-state index contributed by atoms with van der Waals surface area (Å²) in [6, 6.07) is 16.6. The van der Waals surface area contributed by atoms with Crippen LogP contribution in [-0.2, 0) is 10.0 Å². The van der Waals surface area contributed by atoms with Gasteiger partial charge in [-0.1, -0.05) is 60.7 Å². The molecule has 0 aliphatic heterocycles. The summed E-state index contributed by atoms with van der Waals surface area (Å²) in [4.78, 5) is 0. The quantitative estimate of drug-likeness (QED) is 0.706. The number of hydrogen-bond acceptors (Lipinski definition) is 5. The summed E-state index contributed by atoms with van der Waals surface area (Å²) in [6.07, 6.45) is 0. The van der Waals surface area contributed by atoms with E-state index in [2.05, 4.69) is 4.29 Å². The molecule has 0 fully saturated rings. The van der Waals surface area contributed by atoms with Crippen molar-refractivity contribution >= 4 is 0 Å². The van der Waals surface area contributed by atoms with Crippen LogP contribution in [0.2, 0.25) is 0 Å². The Hall–Kier alpha value is -1.47. The molecule has 0 spiro atoms. The van der Waals surface area contributed by atoms with E-state index in [9.17, 15) is 14.0 Å². The third-order valence-electron chi connectivity index (χ3n) is 2.62. The van der Waals surface area contributed by atoms with Gasteiger partial charge in [-0.25, -0.2) is 0 Å². The van der Waals surface area contributed by atoms with Gasteiger partial charge >= 0.3 is 5.72 Å². The van der Waals surface area contributed by atoms with Crippen molar-refractivity contribution in [2.45, 2.75) is 5.72 Å². The first-order chi connectivity index (χ1) is 8.92. The normalized spacial score (nSPS) is 12.4. The molecule has 2 aromatic rings. The zero-order valence-electron chi connectivity index (χ0n) is 9.86. The molecule has 0 bridgehead atoms. The molecule has 5 nitrogen and oxygen atoms in total. The van der Waals surface area contributed by atoms with Gasteiger partial charge in [-0.15, -0.1) is 0 Å². The summed E-state index contributed by atoms with van der Waals surface area (Å²) in [6.45, 7) is 0. The van der Waals surface area contributed by atoms with Crippen LogP contribution in [0.15, 0.2) is 60.7 Å². The largest absolute Gasteiger partial charge is 0.324 e. The summed E-state index contributed by atoms with van der Waals surface area (Å²) >= 11 is 0. The van der Waals surface area contributed by atoms with Crippen molar-refractivity contribution in [2.24, 2.45) is 5.73 Å². The van der Waals surface area contributed by atoms with Crippen LogP contribution in [0, 0.1) is 10.2 Å². The lowest BCUT2D eigenvalue weighted by Gasteiger charge is -2.26. The van der Waals surface area contributed by atoms with E-state index < -0.39 is 16.0 Å². The molecular formula is C13H12ClNO4. The summed E-state index contributed by atoms with van der Waals surface area (Å²) in [5, 5.41) is 0. The summed E-state index contributed by atoms with van der Waals surface area (Å²) in [5.74, 6) is 0. The SMILES string of the molecule is NC(O[Cl+3]([O-])([O-])[O-])(c1ccccc1)c1ccccc1. The van der Waals surface area contributed by atoms with E-state index in [0.717, 1.165) is 0 Å². The maximum Gasteiger partial charge on any atom is 0.324 e. The number of benzene rings is 2. The Morgan fingerprint density at radius 2 is 1.16 bits per heavy atom. The van der Waals surface area contributed by atoms with E-state index in [1.54, 1.807) is 60.7 Å². The zero-order valence-corrected chi connectivity index (χ0v) is 10.6. The van der Waals surface area contributed by atoms with Crippen molar-refractivity contribution in [3.05, 3.63) is 71.8 Å². The van der Waals surface area contributed by atoms with Gasteiger partial charge in [0.25, 0.3) is 0 Å². The summed E-state index contributed by atoms with van der Waals surface area (Å²) in [7, 11) is -4.66.